The van der Waals surface area contributed by atoms with Crippen molar-refractivity contribution in [3.05, 3.63) is 71.8 Å². The lowest BCUT2D eigenvalue weighted by atomic mass is 10.2. The molecule has 0 saturated heterocycles. The van der Waals surface area contributed by atoms with E-state index in [0.717, 1.165) is 35.7 Å². The van der Waals surface area contributed by atoms with Crippen LogP contribution in [0, 0.1) is 0 Å². The zero-order chi connectivity index (χ0) is 17.4. The molecule has 24 heavy (non-hydrogen) atoms. The van der Waals surface area contributed by atoms with Gasteiger partial charge < -0.3 is 14.8 Å². The maximum Gasteiger partial charge on any atom is 0.124 e. The van der Waals surface area contributed by atoms with Gasteiger partial charge in [0, 0.05) is 18.7 Å². The van der Waals surface area contributed by atoms with Crippen molar-refractivity contribution in [2.75, 3.05) is 6.61 Å². The lowest BCUT2D eigenvalue weighted by molar-refractivity contribution is 0.242. The molecule has 0 bridgehead atoms. The molecule has 3 nitrogen and oxygen atoms in total. The van der Waals surface area contributed by atoms with Crippen LogP contribution < -0.4 is 14.8 Å². The number of benzene rings is 2. The molecule has 0 aliphatic rings. The fourth-order valence-corrected chi connectivity index (χ4v) is 2.29. The molecule has 2 rings (SSSR count). The summed E-state index contributed by atoms with van der Waals surface area (Å²) in [5.74, 6) is 1.82. The molecule has 0 atom stereocenters. The monoisotopic (exact) mass is 325 g/mol. The van der Waals surface area contributed by atoms with Gasteiger partial charge in [-0.2, -0.15) is 0 Å². The number of ether oxygens (including phenoxy) is 2. The Morgan fingerprint density at radius 2 is 1.75 bits per heavy atom. The second kappa shape index (κ2) is 9.14. The highest BCUT2D eigenvalue weighted by atomic mass is 16.5. The van der Waals surface area contributed by atoms with Gasteiger partial charge in [0.15, 0.2) is 0 Å². The average molecular weight is 325 g/mol. The summed E-state index contributed by atoms with van der Waals surface area (Å²) in [5, 5.41) is 3.46. The van der Waals surface area contributed by atoms with Crippen LogP contribution in [-0.4, -0.2) is 12.7 Å². The van der Waals surface area contributed by atoms with Gasteiger partial charge in [-0.05, 0) is 50.1 Å². The molecule has 128 valence electrons. The average Bonchev–Trinajstić information content (AvgIpc) is 2.55. The van der Waals surface area contributed by atoms with Crippen molar-refractivity contribution in [1.29, 1.82) is 0 Å². The molecule has 2 aromatic carbocycles. The van der Waals surface area contributed by atoms with Crippen molar-refractivity contribution in [3.63, 3.8) is 0 Å². The zero-order valence-corrected chi connectivity index (χ0v) is 14.8. The van der Waals surface area contributed by atoms with E-state index in [1.165, 1.54) is 5.56 Å². The van der Waals surface area contributed by atoms with Crippen LogP contribution in [0.4, 0.5) is 0 Å². The number of nitrogens with one attached hydrogen (secondary N) is 1. The molecule has 0 radical (unpaired) electrons. The third kappa shape index (κ3) is 6.09. The van der Waals surface area contributed by atoms with E-state index in [2.05, 4.69) is 30.1 Å². The van der Waals surface area contributed by atoms with Crippen LogP contribution >= 0.6 is 0 Å². The van der Waals surface area contributed by atoms with Gasteiger partial charge in [0.1, 0.15) is 18.1 Å². The van der Waals surface area contributed by atoms with Crippen LogP contribution in [0.25, 0.3) is 0 Å². The third-order valence-corrected chi connectivity index (χ3v) is 3.39. The topological polar surface area (TPSA) is 30.5 Å². The Morgan fingerprint density at radius 3 is 2.42 bits per heavy atom. The smallest absolute Gasteiger partial charge is 0.124 e. The molecule has 0 fully saturated rings. The summed E-state index contributed by atoms with van der Waals surface area (Å²) in [6.07, 6.45) is 0.199. The highest BCUT2D eigenvalue weighted by Gasteiger charge is 2.03. The number of para-hydroxylation sites is 1. The van der Waals surface area contributed by atoms with Crippen LogP contribution in [-0.2, 0) is 13.1 Å². The first-order valence-electron chi connectivity index (χ1n) is 8.36. The van der Waals surface area contributed by atoms with E-state index in [1.54, 1.807) is 0 Å². The Labute approximate surface area is 145 Å². The first-order chi connectivity index (χ1) is 11.5. The van der Waals surface area contributed by atoms with Gasteiger partial charge >= 0.3 is 0 Å². The Bertz CT molecular complexity index is 647. The minimum absolute atomic E-state index is 0.199. The first kappa shape index (κ1) is 18.1. The molecule has 3 heteroatoms. The zero-order valence-electron chi connectivity index (χ0n) is 14.8. The van der Waals surface area contributed by atoms with Gasteiger partial charge in [-0.25, -0.2) is 0 Å². The first-order valence-corrected chi connectivity index (χ1v) is 8.36. The maximum absolute atomic E-state index is 5.80. The van der Waals surface area contributed by atoms with Gasteiger partial charge in [-0.15, -0.1) is 0 Å². The molecule has 0 unspecified atom stereocenters. The second-order valence-corrected chi connectivity index (χ2v) is 6.27. The van der Waals surface area contributed by atoms with Crippen molar-refractivity contribution in [2.45, 2.75) is 40.0 Å². The number of rotatable bonds is 9. The Morgan fingerprint density at radius 1 is 1.04 bits per heavy atom. The van der Waals surface area contributed by atoms with E-state index in [9.17, 15) is 0 Å². The summed E-state index contributed by atoms with van der Waals surface area (Å²) in [7, 11) is 0. The summed E-state index contributed by atoms with van der Waals surface area (Å²) in [5.41, 5.74) is 3.39. The fraction of sp³-hybridized carbons (Fsp3) is 0.333. The van der Waals surface area contributed by atoms with Gasteiger partial charge in [-0.3, -0.25) is 0 Å². The Kier molecular flexibility index (Phi) is 6.89. The summed E-state index contributed by atoms with van der Waals surface area (Å²) in [4.78, 5) is 0. The van der Waals surface area contributed by atoms with Crippen molar-refractivity contribution in [3.8, 4) is 11.5 Å². The maximum atomic E-state index is 5.80. The van der Waals surface area contributed by atoms with Crippen molar-refractivity contribution >= 4 is 0 Å². The van der Waals surface area contributed by atoms with Crippen molar-refractivity contribution in [1.82, 2.24) is 5.32 Å². The number of hydrogen-bond acceptors (Lipinski definition) is 3. The summed E-state index contributed by atoms with van der Waals surface area (Å²) < 4.78 is 11.5. The lowest BCUT2D eigenvalue weighted by Crippen LogP contribution is -2.14. The number of hydrogen-bond donors (Lipinski definition) is 1. The fourth-order valence-electron chi connectivity index (χ4n) is 2.29. The predicted octanol–water partition coefficient (Wildman–Crippen LogP) is 4.72. The van der Waals surface area contributed by atoms with Crippen LogP contribution in [0.1, 0.15) is 31.9 Å². The molecule has 0 saturated carbocycles. The van der Waals surface area contributed by atoms with Crippen molar-refractivity contribution < 1.29 is 9.47 Å². The van der Waals surface area contributed by atoms with Crippen molar-refractivity contribution in [2.24, 2.45) is 0 Å². The van der Waals surface area contributed by atoms with Crippen LogP contribution in [0.2, 0.25) is 0 Å². The molecule has 0 aromatic heterocycles. The highest BCUT2D eigenvalue weighted by Crippen LogP contribution is 2.19. The van der Waals surface area contributed by atoms with E-state index >= 15 is 0 Å². The predicted molar refractivity (Wildman–Crippen MR) is 99.5 cm³/mol. The molecule has 0 aliphatic carbocycles. The summed E-state index contributed by atoms with van der Waals surface area (Å²) >= 11 is 0. The van der Waals surface area contributed by atoms with Crippen LogP contribution in [0.5, 0.6) is 11.5 Å². The van der Waals surface area contributed by atoms with Gasteiger partial charge in [0.2, 0.25) is 0 Å². The third-order valence-electron chi connectivity index (χ3n) is 3.39. The normalized spacial score (nSPS) is 10.7. The van der Waals surface area contributed by atoms with Gasteiger partial charge in [0.05, 0.1) is 6.10 Å². The van der Waals surface area contributed by atoms with E-state index in [4.69, 9.17) is 9.47 Å². The molecular weight excluding hydrogens is 298 g/mol. The molecule has 0 amide bonds. The molecule has 0 aliphatic heterocycles. The van der Waals surface area contributed by atoms with Crippen LogP contribution in [0.3, 0.4) is 0 Å². The molecule has 1 N–H and O–H groups in total. The molecular formula is C21H27NO2. The minimum atomic E-state index is 0.199. The Hall–Kier alpha value is -2.26. The van der Waals surface area contributed by atoms with E-state index in [1.807, 2.05) is 51.1 Å². The summed E-state index contributed by atoms with van der Waals surface area (Å²) in [6.45, 7) is 12.0. The van der Waals surface area contributed by atoms with Gasteiger partial charge in [-0.1, -0.05) is 36.9 Å². The molecule has 0 spiro atoms. The van der Waals surface area contributed by atoms with Crippen LogP contribution in [0.15, 0.2) is 60.7 Å². The van der Waals surface area contributed by atoms with E-state index in [0.29, 0.717) is 6.61 Å². The van der Waals surface area contributed by atoms with E-state index in [-0.39, 0.29) is 6.10 Å². The highest BCUT2D eigenvalue weighted by molar-refractivity contribution is 5.33. The minimum Gasteiger partial charge on any atom is -0.491 e. The quantitative estimate of drug-likeness (QED) is 0.677. The lowest BCUT2D eigenvalue weighted by Gasteiger charge is -2.13. The molecule has 0 heterocycles. The largest absolute Gasteiger partial charge is 0.491 e. The standard InChI is InChI=1S/C21H27NO2/c1-16(2)15-23-21-8-6-5-7-19(21)14-22-13-18-9-11-20(12-10-18)24-17(3)4/h5-12,17,22H,1,13-15H2,2-4H3. The van der Waals surface area contributed by atoms with E-state index < -0.39 is 0 Å². The SMILES string of the molecule is C=C(C)COc1ccccc1CNCc1ccc(OC(C)C)cc1. The second-order valence-electron chi connectivity index (χ2n) is 6.27. The van der Waals surface area contributed by atoms with Gasteiger partial charge in [0.25, 0.3) is 0 Å². The molecule has 2 aromatic rings. The summed E-state index contributed by atoms with van der Waals surface area (Å²) in [6, 6.07) is 16.3. The Balaban J connectivity index is 1.86.